The molecule has 0 aliphatic heterocycles. The van der Waals surface area contributed by atoms with Crippen LogP contribution in [0.2, 0.25) is 0 Å². The third kappa shape index (κ3) is 2.98. The van der Waals surface area contributed by atoms with E-state index in [1.807, 2.05) is 91.0 Å². The lowest BCUT2D eigenvalue weighted by Crippen LogP contribution is -1.94. The smallest absolute Gasteiger partial charge is 0.231 e. The molecule has 160 valence electrons. The van der Waals surface area contributed by atoms with Crippen molar-refractivity contribution in [3.05, 3.63) is 103 Å². The first-order chi connectivity index (χ1) is 16.8. The van der Waals surface area contributed by atoms with Crippen molar-refractivity contribution in [2.45, 2.75) is 0 Å². The number of nitrogens with zero attached hydrogens (tertiary/aromatic N) is 3. The SMILES string of the molecule is c1ccc(-c2nc(-c3cccc(-c4nc5ccccc5o4)c3)nc3oc4ccccc4c23)cc1. The molecule has 0 atom stereocenters. The highest BCUT2D eigenvalue weighted by Gasteiger charge is 2.18. The summed E-state index contributed by atoms with van der Waals surface area (Å²) < 4.78 is 12.1. The van der Waals surface area contributed by atoms with E-state index in [0.717, 1.165) is 49.8 Å². The van der Waals surface area contributed by atoms with Crippen molar-refractivity contribution in [2.75, 3.05) is 0 Å². The summed E-state index contributed by atoms with van der Waals surface area (Å²) in [6.07, 6.45) is 0. The molecule has 0 spiro atoms. The Hall–Kier alpha value is -4.77. The number of hydrogen-bond acceptors (Lipinski definition) is 5. The van der Waals surface area contributed by atoms with Crippen LogP contribution in [0, 0.1) is 0 Å². The molecule has 0 aliphatic rings. The van der Waals surface area contributed by atoms with E-state index in [9.17, 15) is 0 Å². The summed E-state index contributed by atoms with van der Waals surface area (Å²) >= 11 is 0. The summed E-state index contributed by atoms with van der Waals surface area (Å²) in [6.45, 7) is 0. The van der Waals surface area contributed by atoms with Crippen LogP contribution in [-0.2, 0) is 0 Å². The number of fused-ring (bicyclic) bond motifs is 4. The summed E-state index contributed by atoms with van der Waals surface area (Å²) in [4.78, 5) is 14.5. The molecule has 0 bridgehead atoms. The molecular weight excluding hydrogens is 422 g/mol. The predicted octanol–water partition coefficient (Wildman–Crippen LogP) is 7.52. The molecule has 0 amide bonds. The maximum Gasteiger partial charge on any atom is 0.231 e. The molecule has 0 fully saturated rings. The lowest BCUT2D eigenvalue weighted by atomic mass is 10.1. The van der Waals surface area contributed by atoms with Crippen molar-refractivity contribution >= 4 is 33.2 Å². The van der Waals surface area contributed by atoms with Gasteiger partial charge in [-0.1, -0.05) is 72.8 Å². The Balaban J connectivity index is 1.44. The molecule has 0 saturated heterocycles. The molecular formula is C29H17N3O2. The molecule has 3 aromatic heterocycles. The number of oxazole rings is 1. The van der Waals surface area contributed by atoms with Gasteiger partial charge < -0.3 is 8.83 Å². The third-order valence-electron chi connectivity index (χ3n) is 5.95. The minimum absolute atomic E-state index is 0.566. The van der Waals surface area contributed by atoms with Gasteiger partial charge in [-0.2, -0.15) is 4.98 Å². The molecule has 7 aromatic rings. The minimum atomic E-state index is 0.566. The fourth-order valence-electron chi connectivity index (χ4n) is 4.34. The molecule has 0 unspecified atom stereocenters. The van der Waals surface area contributed by atoms with E-state index >= 15 is 0 Å². The molecule has 0 N–H and O–H groups in total. The summed E-state index contributed by atoms with van der Waals surface area (Å²) in [7, 11) is 0. The third-order valence-corrected chi connectivity index (χ3v) is 5.95. The fraction of sp³-hybridized carbons (Fsp3) is 0. The fourth-order valence-corrected chi connectivity index (χ4v) is 4.34. The van der Waals surface area contributed by atoms with E-state index in [2.05, 4.69) is 17.1 Å². The lowest BCUT2D eigenvalue weighted by Gasteiger charge is -2.07. The average molecular weight is 439 g/mol. The minimum Gasteiger partial charge on any atom is -0.438 e. The molecule has 3 heterocycles. The van der Waals surface area contributed by atoms with E-state index in [0.29, 0.717) is 17.4 Å². The van der Waals surface area contributed by atoms with Gasteiger partial charge in [0.25, 0.3) is 0 Å². The Bertz CT molecular complexity index is 1780. The second-order valence-corrected chi connectivity index (χ2v) is 8.11. The van der Waals surface area contributed by atoms with Crippen LogP contribution in [0.3, 0.4) is 0 Å². The number of para-hydroxylation sites is 3. The molecule has 4 aromatic carbocycles. The molecule has 5 heteroatoms. The quantitative estimate of drug-likeness (QED) is 0.285. The van der Waals surface area contributed by atoms with Crippen molar-refractivity contribution in [3.8, 4) is 34.1 Å². The second-order valence-electron chi connectivity index (χ2n) is 8.11. The van der Waals surface area contributed by atoms with Gasteiger partial charge in [0.2, 0.25) is 11.6 Å². The van der Waals surface area contributed by atoms with Crippen LogP contribution < -0.4 is 0 Å². The van der Waals surface area contributed by atoms with Gasteiger partial charge in [-0.05, 0) is 30.3 Å². The molecule has 0 aliphatic carbocycles. The number of benzene rings is 4. The zero-order valence-corrected chi connectivity index (χ0v) is 18.0. The Labute approximate surface area is 194 Å². The van der Waals surface area contributed by atoms with Crippen LogP contribution in [0.5, 0.6) is 0 Å². The van der Waals surface area contributed by atoms with E-state index in [4.69, 9.17) is 18.8 Å². The first kappa shape index (κ1) is 18.8. The lowest BCUT2D eigenvalue weighted by molar-refractivity contribution is 0.620. The number of hydrogen-bond donors (Lipinski definition) is 0. The maximum absolute atomic E-state index is 6.15. The van der Waals surface area contributed by atoms with E-state index in [1.165, 1.54) is 0 Å². The van der Waals surface area contributed by atoms with Crippen LogP contribution in [0.4, 0.5) is 0 Å². The van der Waals surface area contributed by atoms with Crippen LogP contribution in [0.15, 0.2) is 112 Å². The van der Waals surface area contributed by atoms with Crippen LogP contribution in [0.25, 0.3) is 67.3 Å². The van der Waals surface area contributed by atoms with Crippen LogP contribution in [0.1, 0.15) is 0 Å². The highest BCUT2D eigenvalue weighted by atomic mass is 16.3. The van der Waals surface area contributed by atoms with Gasteiger partial charge in [-0.25, -0.2) is 9.97 Å². The van der Waals surface area contributed by atoms with Gasteiger partial charge in [0.1, 0.15) is 11.1 Å². The molecule has 5 nitrogen and oxygen atoms in total. The maximum atomic E-state index is 6.15. The van der Waals surface area contributed by atoms with Crippen molar-refractivity contribution in [2.24, 2.45) is 0 Å². The van der Waals surface area contributed by atoms with Gasteiger partial charge in [-0.15, -0.1) is 0 Å². The van der Waals surface area contributed by atoms with E-state index < -0.39 is 0 Å². The zero-order valence-electron chi connectivity index (χ0n) is 18.0. The second kappa shape index (κ2) is 7.39. The summed E-state index contributed by atoms with van der Waals surface area (Å²) in [5.74, 6) is 1.15. The number of rotatable bonds is 3. The van der Waals surface area contributed by atoms with Crippen molar-refractivity contribution in [1.82, 2.24) is 15.0 Å². The van der Waals surface area contributed by atoms with Gasteiger partial charge in [0.15, 0.2) is 11.4 Å². The summed E-state index contributed by atoms with van der Waals surface area (Å²) in [5.41, 5.74) is 6.53. The van der Waals surface area contributed by atoms with Crippen molar-refractivity contribution < 1.29 is 8.83 Å². The Morgan fingerprint density at radius 3 is 2.15 bits per heavy atom. The Kier molecular flexibility index (Phi) is 4.08. The number of aromatic nitrogens is 3. The van der Waals surface area contributed by atoms with Gasteiger partial charge in [-0.3, -0.25) is 0 Å². The topological polar surface area (TPSA) is 65.0 Å². The van der Waals surface area contributed by atoms with Gasteiger partial charge in [0, 0.05) is 22.1 Å². The predicted molar refractivity (Wildman–Crippen MR) is 133 cm³/mol. The van der Waals surface area contributed by atoms with Gasteiger partial charge in [0.05, 0.1) is 11.1 Å². The summed E-state index contributed by atoms with van der Waals surface area (Å²) in [6, 6.07) is 33.8. The average Bonchev–Trinajstić information content (AvgIpc) is 3.50. The monoisotopic (exact) mass is 439 g/mol. The van der Waals surface area contributed by atoms with E-state index in [1.54, 1.807) is 0 Å². The van der Waals surface area contributed by atoms with Gasteiger partial charge >= 0.3 is 0 Å². The normalized spacial score (nSPS) is 11.5. The van der Waals surface area contributed by atoms with Crippen molar-refractivity contribution in [1.29, 1.82) is 0 Å². The standard InChI is InChI=1S/C29H17N3O2/c1-2-9-18(10-3-1)26-25-21-13-4-6-15-23(21)33-29(25)32-27(31-26)19-11-8-12-20(17-19)28-30-22-14-5-7-16-24(22)34-28/h1-17H. The largest absolute Gasteiger partial charge is 0.438 e. The van der Waals surface area contributed by atoms with Crippen LogP contribution in [-0.4, -0.2) is 15.0 Å². The molecule has 0 radical (unpaired) electrons. The first-order valence-corrected chi connectivity index (χ1v) is 11.0. The first-order valence-electron chi connectivity index (χ1n) is 11.0. The van der Waals surface area contributed by atoms with E-state index in [-0.39, 0.29) is 0 Å². The molecule has 7 rings (SSSR count). The zero-order chi connectivity index (χ0) is 22.5. The highest BCUT2D eigenvalue weighted by molar-refractivity contribution is 6.10. The highest BCUT2D eigenvalue weighted by Crippen LogP contribution is 2.36. The Morgan fingerprint density at radius 2 is 1.26 bits per heavy atom. The molecule has 34 heavy (non-hydrogen) atoms. The Morgan fingerprint density at radius 1 is 0.529 bits per heavy atom. The van der Waals surface area contributed by atoms with Crippen molar-refractivity contribution in [3.63, 3.8) is 0 Å². The molecule has 0 saturated carbocycles. The summed E-state index contributed by atoms with van der Waals surface area (Å²) in [5, 5.41) is 1.92. The van der Waals surface area contributed by atoms with Crippen LogP contribution >= 0.6 is 0 Å². The number of furan rings is 1.